The minimum absolute atomic E-state index is 0.0149. The Morgan fingerprint density at radius 2 is 2.15 bits per heavy atom. The Balaban J connectivity index is 2.16. The molecule has 2 aromatic heterocycles. The summed E-state index contributed by atoms with van der Waals surface area (Å²) in [5.41, 5.74) is 3.58. The lowest BCUT2D eigenvalue weighted by Crippen LogP contribution is -2.34. The maximum atomic E-state index is 12.2. The first-order valence-electron chi connectivity index (χ1n) is 6.31. The Hall–Kier alpha value is -2.01. The Kier molecular flexibility index (Phi) is 3.14. The van der Waals surface area contributed by atoms with Gasteiger partial charge in [-0.3, -0.25) is 9.78 Å². The number of fused-ring (bicyclic) bond motifs is 1. The number of rotatable bonds is 1. The quantitative estimate of drug-likeness (QED) is 0.806. The first kappa shape index (κ1) is 13.0. The van der Waals surface area contributed by atoms with Crippen LogP contribution in [0.2, 0.25) is 5.02 Å². The first-order chi connectivity index (χ1) is 9.58. The van der Waals surface area contributed by atoms with Crippen molar-refractivity contribution in [3.63, 3.8) is 0 Å². The minimum atomic E-state index is 0.0149. The number of amides is 1. The van der Waals surface area contributed by atoms with E-state index in [1.54, 1.807) is 37.2 Å². The molecule has 0 aliphatic carbocycles. The monoisotopic (exact) mass is 288 g/mol. The van der Waals surface area contributed by atoms with Gasteiger partial charge >= 0.3 is 0 Å². The molecule has 1 aliphatic rings. The van der Waals surface area contributed by atoms with Crippen molar-refractivity contribution < 1.29 is 4.79 Å². The molecule has 1 amide bonds. The van der Waals surface area contributed by atoms with Gasteiger partial charge in [-0.15, -0.1) is 5.10 Å². The number of likely N-dealkylation sites (N-methyl/N-ethyl adjacent to an activating group) is 1. The molecule has 0 spiro atoms. The standard InChI is InChI=1S/C14H13ClN4O/c1-8-11(15)7-12(18-17-8)13-9-4-6-19(2)14(20)10(9)3-5-16-13/h3,5,7H,4,6H2,1-2H3. The van der Waals surface area contributed by atoms with Gasteiger partial charge in [0.1, 0.15) is 5.69 Å². The van der Waals surface area contributed by atoms with Crippen molar-refractivity contribution in [1.82, 2.24) is 20.1 Å². The van der Waals surface area contributed by atoms with Gasteiger partial charge in [0.2, 0.25) is 0 Å². The number of halogens is 1. The Labute approximate surface area is 121 Å². The third-order valence-corrected chi connectivity index (χ3v) is 3.87. The van der Waals surface area contributed by atoms with Gasteiger partial charge in [-0.05, 0) is 31.0 Å². The summed E-state index contributed by atoms with van der Waals surface area (Å²) < 4.78 is 0. The van der Waals surface area contributed by atoms with E-state index >= 15 is 0 Å². The molecular weight excluding hydrogens is 276 g/mol. The Bertz CT molecular complexity index is 702. The summed E-state index contributed by atoms with van der Waals surface area (Å²) >= 11 is 6.09. The molecular formula is C14H13ClN4O. The van der Waals surface area contributed by atoms with Crippen LogP contribution >= 0.6 is 11.6 Å². The highest BCUT2D eigenvalue weighted by Crippen LogP contribution is 2.28. The van der Waals surface area contributed by atoms with E-state index in [4.69, 9.17) is 11.6 Å². The van der Waals surface area contributed by atoms with Gasteiger partial charge < -0.3 is 4.90 Å². The molecule has 6 heteroatoms. The normalized spacial score (nSPS) is 14.3. The largest absolute Gasteiger partial charge is 0.341 e. The highest BCUT2D eigenvalue weighted by atomic mass is 35.5. The molecule has 0 N–H and O–H groups in total. The zero-order valence-corrected chi connectivity index (χ0v) is 12.0. The first-order valence-corrected chi connectivity index (χ1v) is 6.69. The molecule has 2 aromatic rings. The number of aryl methyl sites for hydroxylation is 1. The second-order valence-electron chi connectivity index (χ2n) is 4.83. The minimum Gasteiger partial charge on any atom is -0.341 e. The van der Waals surface area contributed by atoms with Crippen LogP contribution < -0.4 is 0 Å². The molecule has 5 nitrogen and oxygen atoms in total. The molecule has 102 valence electrons. The average molecular weight is 289 g/mol. The number of hydrogen-bond acceptors (Lipinski definition) is 4. The van der Waals surface area contributed by atoms with Crippen LogP contribution in [-0.2, 0) is 6.42 Å². The molecule has 0 unspecified atom stereocenters. The molecule has 0 aromatic carbocycles. The third kappa shape index (κ3) is 2.04. The van der Waals surface area contributed by atoms with Crippen LogP contribution in [0.5, 0.6) is 0 Å². The SMILES string of the molecule is Cc1nnc(-c2nccc3c2CCN(C)C3=O)cc1Cl. The summed E-state index contributed by atoms with van der Waals surface area (Å²) in [4.78, 5) is 18.2. The maximum Gasteiger partial charge on any atom is 0.254 e. The Morgan fingerprint density at radius 1 is 1.35 bits per heavy atom. The van der Waals surface area contributed by atoms with Gasteiger partial charge in [-0.1, -0.05) is 11.6 Å². The van der Waals surface area contributed by atoms with Gasteiger partial charge in [0, 0.05) is 25.4 Å². The van der Waals surface area contributed by atoms with Crippen molar-refractivity contribution in [2.24, 2.45) is 0 Å². The van der Waals surface area contributed by atoms with Crippen LogP contribution in [0.1, 0.15) is 21.6 Å². The molecule has 3 rings (SSSR count). The number of hydrogen-bond donors (Lipinski definition) is 0. The highest BCUT2D eigenvalue weighted by Gasteiger charge is 2.25. The lowest BCUT2D eigenvalue weighted by atomic mass is 9.97. The summed E-state index contributed by atoms with van der Waals surface area (Å²) in [5.74, 6) is 0.0149. The third-order valence-electron chi connectivity index (χ3n) is 3.49. The van der Waals surface area contributed by atoms with Crippen molar-refractivity contribution >= 4 is 17.5 Å². The predicted octanol–water partition coefficient (Wildman–Crippen LogP) is 2.13. The van der Waals surface area contributed by atoms with Crippen molar-refractivity contribution in [2.75, 3.05) is 13.6 Å². The van der Waals surface area contributed by atoms with Crippen LogP contribution in [0.4, 0.5) is 0 Å². The fourth-order valence-corrected chi connectivity index (χ4v) is 2.44. The summed E-state index contributed by atoms with van der Waals surface area (Å²) in [7, 11) is 1.80. The van der Waals surface area contributed by atoms with E-state index < -0.39 is 0 Å². The van der Waals surface area contributed by atoms with Crippen LogP contribution in [0.3, 0.4) is 0 Å². The van der Waals surface area contributed by atoms with Crippen LogP contribution in [0, 0.1) is 6.92 Å². The fraction of sp³-hybridized carbons (Fsp3) is 0.286. The number of nitrogens with zero attached hydrogens (tertiary/aromatic N) is 4. The molecule has 3 heterocycles. The van der Waals surface area contributed by atoms with Gasteiger partial charge in [-0.2, -0.15) is 5.10 Å². The molecule has 1 aliphatic heterocycles. The number of pyridine rings is 1. The van der Waals surface area contributed by atoms with E-state index in [9.17, 15) is 4.79 Å². The lowest BCUT2D eigenvalue weighted by molar-refractivity contribution is 0.0781. The second kappa shape index (κ2) is 4.83. The zero-order valence-electron chi connectivity index (χ0n) is 11.2. The average Bonchev–Trinajstić information content (AvgIpc) is 2.45. The molecule has 0 fully saturated rings. The summed E-state index contributed by atoms with van der Waals surface area (Å²) in [6.07, 6.45) is 2.38. The Morgan fingerprint density at radius 3 is 2.90 bits per heavy atom. The molecule has 0 saturated carbocycles. The number of aromatic nitrogens is 3. The molecule has 0 bridgehead atoms. The van der Waals surface area contributed by atoms with Crippen LogP contribution in [0.15, 0.2) is 18.3 Å². The second-order valence-corrected chi connectivity index (χ2v) is 5.23. The fourth-order valence-electron chi connectivity index (χ4n) is 2.30. The van der Waals surface area contributed by atoms with Crippen molar-refractivity contribution in [2.45, 2.75) is 13.3 Å². The number of carbonyl (C=O) groups excluding carboxylic acids is 1. The molecule has 0 atom stereocenters. The maximum absolute atomic E-state index is 12.2. The van der Waals surface area contributed by atoms with Crippen molar-refractivity contribution in [1.29, 1.82) is 0 Å². The lowest BCUT2D eigenvalue weighted by Gasteiger charge is -2.25. The van der Waals surface area contributed by atoms with Crippen LogP contribution in [-0.4, -0.2) is 39.6 Å². The van der Waals surface area contributed by atoms with E-state index in [2.05, 4.69) is 15.2 Å². The van der Waals surface area contributed by atoms with Crippen molar-refractivity contribution in [3.8, 4) is 11.4 Å². The summed E-state index contributed by atoms with van der Waals surface area (Å²) in [6, 6.07) is 3.50. The van der Waals surface area contributed by atoms with Gasteiger partial charge in [0.25, 0.3) is 5.91 Å². The van der Waals surface area contributed by atoms with Gasteiger partial charge in [-0.25, -0.2) is 0 Å². The van der Waals surface area contributed by atoms with Crippen LogP contribution in [0.25, 0.3) is 11.4 Å². The van der Waals surface area contributed by atoms with E-state index in [1.165, 1.54) is 0 Å². The van der Waals surface area contributed by atoms with Gasteiger partial charge in [0.05, 0.1) is 16.4 Å². The summed E-state index contributed by atoms with van der Waals surface area (Å²) in [5, 5.41) is 8.71. The topological polar surface area (TPSA) is 59.0 Å². The molecule has 20 heavy (non-hydrogen) atoms. The van der Waals surface area contributed by atoms with E-state index in [1.807, 2.05) is 0 Å². The molecule has 0 saturated heterocycles. The highest BCUT2D eigenvalue weighted by molar-refractivity contribution is 6.31. The smallest absolute Gasteiger partial charge is 0.254 e. The van der Waals surface area contributed by atoms with E-state index in [0.717, 1.165) is 12.0 Å². The zero-order chi connectivity index (χ0) is 14.3. The summed E-state index contributed by atoms with van der Waals surface area (Å²) in [6.45, 7) is 2.48. The number of carbonyl (C=O) groups is 1. The van der Waals surface area contributed by atoms with E-state index in [-0.39, 0.29) is 5.91 Å². The predicted molar refractivity (Wildman–Crippen MR) is 75.7 cm³/mol. The van der Waals surface area contributed by atoms with Gasteiger partial charge in [0.15, 0.2) is 0 Å². The molecule has 0 radical (unpaired) electrons. The van der Waals surface area contributed by atoms with E-state index in [0.29, 0.717) is 34.2 Å². The van der Waals surface area contributed by atoms with Crippen molar-refractivity contribution in [3.05, 3.63) is 40.2 Å².